The molecule has 0 unspecified atom stereocenters. The maximum absolute atomic E-state index is 12.4. The quantitative estimate of drug-likeness (QED) is 0.850. The Balaban J connectivity index is 1.45. The number of carbonyl (C=O) groups is 2. The van der Waals surface area contributed by atoms with Gasteiger partial charge in [0.05, 0.1) is 24.1 Å². The first-order valence-electron chi connectivity index (χ1n) is 9.17. The van der Waals surface area contributed by atoms with Gasteiger partial charge in [-0.3, -0.25) is 19.7 Å². The zero-order valence-corrected chi connectivity index (χ0v) is 15.7. The summed E-state index contributed by atoms with van der Waals surface area (Å²) in [5.74, 6) is -0.0822. The monoisotopic (exact) mass is 367 g/mol. The Morgan fingerprint density at radius 3 is 2.63 bits per heavy atom. The lowest BCUT2D eigenvalue weighted by atomic mass is 10.1. The largest absolute Gasteiger partial charge is 0.350 e. The molecular formula is C20H25N5O2. The molecular weight excluding hydrogens is 342 g/mol. The van der Waals surface area contributed by atoms with Crippen molar-refractivity contribution in [2.24, 2.45) is 5.92 Å². The Labute approximate surface area is 159 Å². The number of carbonyl (C=O) groups excluding carboxylic acids is 2. The van der Waals surface area contributed by atoms with Gasteiger partial charge in [0.2, 0.25) is 5.91 Å². The zero-order chi connectivity index (χ0) is 19.2. The summed E-state index contributed by atoms with van der Waals surface area (Å²) < 4.78 is 0. The molecule has 1 fully saturated rings. The molecule has 3 rings (SSSR count). The number of nitrogens with zero attached hydrogens (tertiary/aromatic N) is 3. The number of aryl methyl sites for hydroxylation is 1. The molecule has 2 N–H and O–H groups in total. The van der Waals surface area contributed by atoms with Gasteiger partial charge in [0, 0.05) is 30.9 Å². The highest BCUT2D eigenvalue weighted by Gasteiger charge is 2.31. The van der Waals surface area contributed by atoms with Gasteiger partial charge in [0.25, 0.3) is 0 Å². The van der Waals surface area contributed by atoms with Crippen molar-refractivity contribution in [2.75, 3.05) is 11.9 Å². The molecule has 0 spiro atoms. The van der Waals surface area contributed by atoms with Crippen molar-refractivity contribution >= 4 is 17.6 Å². The molecule has 1 aromatic heterocycles. The topological polar surface area (TPSA) is 87.2 Å². The zero-order valence-electron chi connectivity index (χ0n) is 15.7. The van der Waals surface area contributed by atoms with E-state index in [4.69, 9.17) is 0 Å². The first-order chi connectivity index (χ1) is 13.0. The second kappa shape index (κ2) is 8.62. The first-order valence-corrected chi connectivity index (χ1v) is 9.17. The first kappa shape index (κ1) is 18.8. The van der Waals surface area contributed by atoms with Crippen molar-refractivity contribution in [1.29, 1.82) is 0 Å². The van der Waals surface area contributed by atoms with E-state index in [9.17, 15) is 9.59 Å². The number of nitrogens with one attached hydrogen (secondary N) is 2. The van der Waals surface area contributed by atoms with Crippen molar-refractivity contribution in [3.05, 3.63) is 54.1 Å². The Morgan fingerprint density at radius 2 is 1.93 bits per heavy atom. The average Bonchev–Trinajstić information content (AvgIpc) is 3.16. The molecule has 142 valence electrons. The van der Waals surface area contributed by atoms with Crippen LogP contribution in [0, 0.1) is 12.8 Å². The summed E-state index contributed by atoms with van der Waals surface area (Å²) in [5.41, 5.74) is 2.42. The Hall–Kier alpha value is -2.96. The molecule has 1 aliphatic carbocycles. The second-order valence-electron chi connectivity index (χ2n) is 6.92. The van der Waals surface area contributed by atoms with Crippen LogP contribution in [0.2, 0.25) is 0 Å². The molecule has 7 nitrogen and oxygen atoms in total. The van der Waals surface area contributed by atoms with Crippen molar-refractivity contribution in [3.63, 3.8) is 0 Å². The summed E-state index contributed by atoms with van der Waals surface area (Å²) in [4.78, 5) is 34.8. The summed E-state index contributed by atoms with van der Waals surface area (Å²) in [6, 6.07) is 9.34. The van der Waals surface area contributed by atoms with E-state index in [1.165, 1.54) is 0 Å². The van der Waals surface area contributed by atoms with Crippen LogP contribution < -0.4 is 15.5 Å². The number of aromatic nitrogens is 2. The third-order valence-corrected chi connectivity index (χ3v) is 4.86. The van der Waals surface area contributed by atoms with E-state index >= 15 is 0 Å². The van der Waals surface area contributed by atoms with Crippen LogP contribution in [0.5, 0.6) is 0 Å². The van der Waals surface area contributed by atoms with Gasteiger partial charge in [-0.25, -0.2) is 4.79 Å². The van der Waals surface area contributed by atoms with E-state index in [-0.39, 0.29) is 23.9 Å². The van der Waals surface area contributed by atoms with Crippen LogP contribution in [0.1, 0.15) is 30.7 Å². The third-order valence-electron chi connectivity index (χ3n) is 4.86. The molecule has 27 heavy (non-hydrogen) atoms. The van der Waals surface area contributed by atoms with Gasteiger partial charge in [0.1, 0.15) is 0 Å². The van der Waals surface area contributed by atoms with Gasteiger partial charge in [-0.15, -0.1) is 0 Å². The second-order valence-corrected chi connectivity index (χ2v) is 6.92. The van der Waals surface area contributed by atoms with E-state index in [1.54, 1.807) is 24.3 Å². The van der Waals surface area contributed by atoms with Crippen LogP contribution in [-0.2, 0) is 11.3 Å². The summed E-state index contributed by atoms with van der Waals surface area (Å²) in [5, 5.41) is 5.94. The number of hydrogen-bond donors (Lipinski definition) is 2. The van der Waals surface area contributed by atoms with E-state index in [1.807, 2.05) is 37.3 Å². The predicted octanol–water partition coefficient (Wildman–Crippen LogP) is 2.42. The van der Waals surface area contributed by atoms with Crippen molar-refractivity contribution in [1.82, 2.24) is 20.6 Å². The number of para-hydroxylation sites is 1. The van der Waals surface area contributed by atoms with Crippen LogP contribution in [0.25, 0.3) is 0 Å². The fourth-order valence-electron chi connectivity index (χ4n) is 3.22. The van der Waals surface area contributed by atoms with Gasteiger partial charge in [-0.05, 0) is 38.3 Å². The minimum absolute atomic E-state index is 0.00513. The number of urea groups is 1. The molecule has 3 amide bonds. The van der Waals surface area contributed by atoms with Gasteiger partial charge in [-0.1, -0.05) is 18.2 Å². The average molecular weight is 367 g/mol. The molecule has 2 aromatic rings. The molecule has 0 bridgehead atoms. The van der Waals surface area contributed by atoms with E-state index in [0.717, 1.165) is 29.9 Å². The highest BCUT2D eigenvalue weighted by Crippen LogP contribution is 2.26. The highest BCUT2D eigenvalue weighted by atomic mass is 16.2. The van der Waals surface area contributed by atoms with Crippen LogP contribution in [0.4, 0.5) is 10.5 Å². The van der Waals surface area contributed by atoms with Gasteiger partial charge in [-0.2, -0.15) is 0 Å². The summed E-state index contributed by atoms with van der Waals surface area (Å²) in [6.07, 6.45) is 5.58. The van der Waals surface area contributed by atoms with E-state index in [0.29, 0.717) is 13.0 Å². The lowest BCUT2D eigenvalue weighted by Crippen LogP contribution is -2.42. The van der Waals surface area contributed by atoms with Crippen LogP contribution in [0.3, 0.4) is 0 Å². The Morgan fingerprint density at radius 1 is 1.15 bits per heavy atom. The minimum atomic E-state index is -0.151. The lowest BCUT2D eigenvalue weighted by Gasteiger charge is -2.21. The summed E-state index contributed by atoms with van der Waals surface area (Å²) in [7, 11) is 1.74. The number of benzene rings is 1. The number of amides is 3. The van der Waals surface area contributed by atoms with Crippen LogP contribution in [0.15, 0.2) is 42.7 Å². The normalized spacial score (nSPS) is 18.7. The smallest absolute Gasteiger partial charge is 0.321 e. The molecule has 2 atom stereocenters. The van der Waals surface area contributed by atoms with Gasteiger partial charge >= 0.3 is 6.03 Å². The SMILES string of the molecule is Cc1cnc(CNC(=O)[C@@H]2CC[C@H](NC(=O)N(C)c3ccccc3)C2)cn1. The molecule has 1 heterocycles. The molecule has 0 aliphatic heterocycles. The maximum atomic E-state index is 12.4. The Bertz CT molecular complexity index is 779. The number of hydrogen-bond acceptors (Lipinski definition) is 4. The Kier molecular flexibility index (Phi) is 6.01. The molecule has 1 aliphatic rings. The summed E-state index contributed by atoms with van der Waals surface area (Å²) in [6.45, 7) is 2.24. The van der Waals surface area contributed by atoms with Crippen LogP contribution >= 0.6 is 0 Å². The van der Waals surface area contributed by atoms with Crippen molar-refractivity contribution in [2.45, 2.75) is 38.8 Å². The predicted molar refractivity (Wildman–Crippen MR) is 103 cm³/mol. The van der Waals surface area contributed by atoms with Crippen molar-refractivity contribution < 1.29 is 9.59 Å². The number of anilines is 1. The molecule has 1 aromatic carbocycles. The van der Waals surface area contributed by atoms with E-state index < -0.39 is 0 Å². The fraction of sp³-hybridized carbons (Fsp3) is 0.400. The van der Waals surface area contributed by atoms with Gasteiger partial charge in [0.15, 0.2) is 0 Å². The molecule has 0 saturated heterocycles. The maximum Gasteiger partial charge on any atom is 0.321 e. The van der Waals surface area contributed by atoms with Crippen LogP contribution in [-0.4, -0.2) is 35.0 Å². The lowest BCUT2D eigenvalue weighted by molar-refractivity contribution is -0.125. The molecule has 7 heteroatoms. The fourth-order valence-corrected chi connectivity index (χ4v) is 3.22. The molecule has 0 radical (unpaired) electrons. The number of rotatable bonds is 5. The third kappa shape index (κ3) is 5.03. The van der Waals surface area contributed by atoms with Crippen molar-refractivity contribution in [3.8, 4) is 0 Å². The summed E-state index contributed by atoms with van der Waals surface area (Å²) >= 11 is 0. The van der Waals surface area contributed by atoms with Gasteiger partial charge < -0.3 is 10.6 Å². The molecule has 1 saturated carbocycles. The highest BCUT2D eigenvalue weighted by molar-refractivity contribution is 5.91. The minimum Gasteiger partial charge on any atom is -0.350 e. The van der Waals surface area contributed by atoms with E-state index in [2.05, 4.69) is 20.6 Å². The standard InChI is InChI=1S/C20H25N5O2/c1-14-11-22-17(12-21-14)13-23-19(26)15-8-9-16(10-15)24-20(27)25(2)18-6-4-3-5-7-18/h3-7,11-12,15-16H,8-10,13H2,1-2H3,(H,23,26)(H,24,27)/t15-,16+/m1/s1.